The Kier molecular flexibility index (Phi) is 62.7. The number of aliphatic hydroxyl groups excluding tert-OH is 1. The molecule has 0 saturated heterocycles. The minimum atomic E-state index is -0.373. The number of aliphatic hydroxyl groups is 1. The van der Waals surface area contributed by atoms with E-state index in [2.05, 4.69) is 6.92 Å². The Hall–Kier alpha value is -8.00. The van der Waals surface area contributed by atoms with Crippen LogP contribution in [0.15, 0.2) is 0 Å². The van der Waals surface area contributed by atoms with Gasteiger partial charge in [-0.15, -0.1) is 0 Å². The fourth-order valence-corrected chi connectivity index (χ4v) is 11.5. The minimum absolute atomic E-state index is 0.00680. The third-order valence-corrected chi connectivity index (χ3v) is 19.3. The van der Waals surface area contributed by atoms with Crippen LogP contribution >= 0.6 is 0 Å². The predicted molar refractivity (Wildman–Crippen MR) is 412 cm³/mol. The molecule has 0 radical (unpaired) electrons. The van der Waals surface area contributed by atoms with Crippen molar-refractivity contribution in [2.24, 2.45) is 0 Å². The molecule has 0 heterocycles. The molecule has 26 nitrogen and oxygen atoms in total. The van der Waals surface area contributed by atoms with Crippen LogP contribution in [0.1, 0.15) is 379 Å². The third-order valence-electron chi connectivity index (χ3n) is 19.3. The molecule has 0 rings (SSSR count). The highest BCUT2D eigenvalue weighted by Gasteiger charge is 2.21. The summed E-state index contributed by atoms with van der Waals surface area (Å²) in [5.41, 5.74) is 0. The zero-order valence-corrected chi connectivity index (χ0v) is 66.8. The second kappa shape index (κ2) is 67.5. The van der Waals surface area contributed by atoms with Gasteiger partial charge in [0.05, 0.1) is 6.61 Å². The van der Waals surface area contributed by atoms with Crippen LogP contribution in [-0.4, -0.2) is 164 Å². The minimum Gasteiger partial charge on any atom is -0.396 e. The standard InChI is InChI=1S/C86H126O26/c1-2-3-4-5-6-7-8-9-10-11-61-112-62-59-86(111)57-55-84(109)53-51-82(107)49-47-80(105)45-43-78(103)41-39-76(101)37-35-74(99)33-31-72(97)29-27-70(95)25-23-68(93)21-19-66(91)17-15-64(89)13-12-63(88)14-16-65(90)18-20-67(92)22-24-69(94)26-28-71(96)30-32-73(98)34-36-75(100)38-40-77(102)42-44-79(104)46-48-81(106)50-52-83(108)54-56-85(110)58-60-87/h87H,2-62H2,1H3. The van der Waals surface area contributed by atoms with Crippen LogP contribution in [0.2, 0.25) is 0 Å². The van der Waals surface area contributed by atoms with Gasteiger partial charge in [-0.2, -0.15) is 0 Å². The van der Waals surface area contributed by atoms with Gasteiger partial charge in [0.2, 0.25) is 0 Å². The van der Waals surface area contributed by atoms with Crippen molar-refractivity contribution in [2.45, 2.75) is 379 Å². The first-order chi connectivity index (χ1) is 53.4. The van der Waals surface area contributed by atoms with Crippen molar-refractivity contribution in [2.75, 3.05) is 19.8 Å². The summed E-state index contributed by atoms with van der Waals surface area (Å²) in [6.45, 7) is 2.85. The summed E-state index contributed by atoms with van der Waals surface area (Å²) in [6.07, 6.45) is 6.94. The van der Waals surface area contributed by atoms with Crippen molar-refractivity contribution >= 4 is 139 Å². The summed E-state index contributed by atoms with van der Waals surface area (Å²) in [6, 6.07) is 0. The second-order valence-corrected chi connectivity index (χ2v) is 29.4. The van der Waals surface area contributed by atoms with E-state index >= 15 is 0 Å². The molecule has 0 atom stereocenters. The molecule has 0 aromatic carbocycles. The third kappa shape index (κ3) is 66.6. The number of rotatable bonds is 85. The van der Waals surface area contributed by atoms with Crippen LogP contribution in [0.5, 0.6) is 0 Å². The molecule has 112 heavy (non-hydrogen) atoms. The molecule has 0 aromatic rings. The van der Waals surface area contributed by atoms with Crippen LogP contribution in [0, 0.1) is 0 Å². The Balaban J connectivity index is 4.06. The summed E-state index contributed by atoms with van der Waals surface area (Å²) < 4.78 is 5.58. The van der Waals surface area contributed by atoms with Gasteiger partial charge in [-0.05, 0) is 6.42 Å². The lowest BCUT2D eigenvalue weighted by Crippen LogP contribution is -2.12. The zero-order valence-electron chi connectivity index (χ0n) is 66.8. The van der Waals surface area contributed by atoms with E-state index in [1.54, 1.807) is 0 Å². The number of carbonyl (C=O) groups excluding carboxylic acids is 24. The first-order valence-electron chi connectivity index (χ1n) is 41.0. The summed E-state index contributed by atoms with van der Waals surface area (Å²) in [5.74, 6) is -7.74. The number of hydrogen-bond acceptors (Lipinski definition) is 26. The van der Waals surface area contributed by atoms with Crippen LogP contribution in [0.25, 0.3) is 0 Å². The monoisotopic (exact) mass is 1570 g/mol. The van der Waals surface area contributed by atoms with Gasteiger partial charge in [0.15, 0.2) is 0 Å². The van der Waals surface area contributed by atoms with Crippen LogP contribution < -0.4 is 0 Å². The highest BCUT2D eigenvalue weighted by atomic mass is 16.5. The summed E-state index contributed by atoms with van der Waals surface area (Å²) in [7, 11) is 0. The van der Waals surface area contributed by atoms with E-state index in [-0.39, 0.29) is 454 Å². The maximum Gasteiger partial charge on any atom is 0.135 e. The molecule has 0 aliphatic heterocycles. The van der Waals surface area contributed by atoms with Gasteiger partial charge < -0.3 is 9.84 Å². The molecular formula is C86H126O26. The highest BCUT2D eigenvalue weighted by Crippen LogP contribution is 2.17. The first kappa shape index (κ1) is 104. The predicted octanol–water partition coefficient (Wildman–Crippen LogP) is 12.3. The van der Waals surface area contributed by atoms with Crippen molar-refractivity contribution < 1.29 is 125 Å². The van der Waals surface area contributed by atoms with E-state index < -0.39 is 0 Å². The van der Waals surface area contributed by atoms with Gasteiger partial charge in [-0.25, -0.2) is 0 Å². The zero-order chi connectivity index (χ0) is 83.7. The molecule has 0 aromatic heterocycles. The lowest BCUT2D eigenvalue weighted by atomic mass is 9.99. The van der Waals surface area contributed by atoms with Crippen molar-refractivity contribution in [1.82, 2.24) is 0 Å². The lowest BCUT2D eigenvalue weighted by Gasteiger charge is -2.05. The molecule has 26 heteroatoms. The molecular weight excluding hydrogens is 1450 g/mol. The summed E-state index contributed by atoms with van der Waals surface area (Å²) in [4.78, 5) is 295. The fraction of sp³-hybridized carbons (Fsp3) is 0.721. The van der Waals surface area contributed by atoms with E-state index in [4.69, 9.17) is 9.84 Å². The highest BCUT2D eigenvalue weighted by molar-refractivity contribution is 5.98. The molecule has 0 bridgehead atoms. The van der Waals surface area contributed by atoms with Gasteiger partial charge in [-0.3, -0.25) is 115 Å². The van der Waals surface area contributed by atoms with Gasteiger partial charge in [0, 0.05) is 321 Å². The van der Waals surface area contributed by atoms with Crippen molar-refractivity contribution in [1.29, 1.82) is 0 Å². The first-order valence-corrected chi connectivity index (χ1v) is 41.0. The van der Waals surface area contributed by atoms with E-state index in [1.807, 2.05) is 0 Å². The van der Waals surface area contributed by atoms with E-state index in [0.717, 1.165) is 12.8 Å². The van der Waals surface area contributed by atoms with Crippen molar-refractivity contribution in [3.63, 3.8) is 0 Å². The van der Waals surface area contributed by atoms with Gasteiger partial charge in [-0.1, -0.05) is 64.7 Å². The fourth-order valence-electron chi connectivity index (χ4n) is 11.5. The Labute approximate surface area is 660 Å². The number of carbonyl (C=O) groups is 24. The van der Waals surface area contributed by atoms with Crippen LogP contribution in [0.3, 0.4) is 0 Å². The quantitative estimate of drug-likeness (QED) is 0.0553. The second-order valence-electron chi connectivity index (χ2n) is 29.4. The molecule has 0 aliphatic carbocycles. The molecule has 1 N–H and O–H groups in total. The van der Waals surface area contributed by atoms with E-state index in [0.29, 0.717) is 13.2 Å². The van der Waals surface area contributed by atoms with Crippen LogP contribution in [-0.2, 0) is 120 Å². The number of unbranched alkanes of at least 4 members (excludes halogenated alkanes) is 9. The van der Waals surface area contributed by atoms with Gasteiger partial charge >= 0.3 is 0 Å². The SMILES string of the molecule is CCCCCCCCCCCCOCCC(=O)CCC(=O)CCC(=O)CCC(=O)CCC(=O)CCC(=O)CCC(=O)CCC(=O)CCC(=O)CCC(=O)CCC(=O)CCC(=O)CCC(=O)CCC(=O)CCC(=O)CCC(=O)CCC(=O)CCC(=O)CCC(=O)CCC(=O)CCC(=O)CCC(=O)CCC(=O)CCC(=O)CCO. The Morgan fingerprint density at radius 2 is 0.250 bits per heavy atom. The van der Waals surface area contributed by atoms with E-state index in [9.17, 15) is 115 Å². The van der Waals surface area contributed by atoms with Gasteiger partial charge in [0.25, 0.3) is 0 Å². The van der Waals surface area contributed by atoms with Crippen molar-refractivity contribution in [3.8, 4) is 0 Å². The number of hydrogen-bond donors (Lipinski definition) is 1. The maximum absolute atomic E-state index is 12.4. The normalized spacial score (nSPS) is 11.0. The Bertz CT molecular complexity index is 3160. The average molecular weight is 1580 g/mol. The Morgan fingerprint density at radius 1 is 0.143 bits per heavy atom. The molecule has 0 spiro atoms. The van der Waals surface area contributed by atoms with Crippen molar-refractivity contribution in [3.05, 3.63) is 0 Å². The molecule has 0 saturated carbocycles. The summed E-state index contributed by atoms with van der Waals surface area (Å²) in [5, 5.41) is 8.75. The number of ketones is 24. The molecule has 626 valence electrons. The van der Waals surface area contributed by atoms with E-state index in [1.165, 1.54) is 51.4 Å². The maximum atomic E-state index is 12.4. The average Bonchev–Trinajstić information content (AvgIpc) is 0.973. The smallest absolute Gasteiger partial charge is 0.135 e. The lowest BCUT2D eigenvalue weighted by molar-refractivity contribution is -0.128. The molecule has 0 amide bonds. The summed E-state index contributed by atoms with van der Waals surface area (Å²) >= 11 is 0. The molecule has 0 fully saturated rings. The number of ether oxygens (including phenoxy) is 1. The Morgan fingerprint density at radius 3 is 0.375 bits per heavy atom. The van der Waals surface area contributed by atoms with Crippen LogP contribution in [0.4, 0.5) is 0 Å². The number of Topliss-reactive ketones (excluding diaryl/α,β-unsaturated/α-hetero) is 24. The molecule has 0 aliphatic rings. The molecule has 0 unspecified atom stereocenters. The largest absolute Gasteiger partial charge is 0.396 e. The topological polar surface area (TPSA) is 439 Å². The van der Waals surface area contributed by atoms with Gasteiger partial charge in [0.1, 0.15) is 139 Å².